The molecule has 108 heavy (non-hydrogen) atoms. The van der Waals surface area contributed by atoms with Crippen molar-refractivity contribution < 1.29 is 14.2 Å². The fourth-order valence-electron chi connectivity index (χ4n) is 10.0. The van der Waals surface area contributed by atoms with Crippen LogP contribution in [0.1, 0.15) is 223 Å². The van der Waals surface area contributed by atoms with Gasteiger partial charge in [-0.3, -0.25) is 15.0 Å². The predicted molar refractivity (Wildman–Crippen MR) is 467 cm³/mol. The van der Waals surface area contributed by atoms with Gasteiger partial charge in [0.25, 0.3) is 0 Å². The van der Waals surface area contributed by atoms with Crippen LogP contribution in [0.15, 0.2) is 254 Å². The van der Waals surface area contributed by atoms with Crippen molar-refractivity contribution in [3.8, 4) is 0 Å². The topological polar surface area (TPSA) is 119 Å². The lowest BCUT2D eigenvalue weighted by molar-refractivity contribution is -0.607. The van der Waals surface area contributed by atoms with Crippen molar-refractivity contribution in [2.45, 2.75) is 157 Å². The van der Waals surface area contributed by atoms with E-state index in [9.17, 15) is 15.6 Å². The Labute approximate surface area is 656 Å². The minimum atomic E-state index is 0.166. The first-order valence-electron chi connectivity index (χ1n) is 36.5. The second-order valence-corrected chi connectivity index (χ2v) is 35.1. The van der Waals surface area contributed by atoms with Crippen molar-refractivity contribution in [1.82, 2.24) is 15.0 Å². The molecular formula is C96H108N6O3S3. The summed E-state index contributed by atoms with van der Waals surface area (Å²) >= 11 is 5.47. The molecule has 0 spiro atoms. The van der Waals surface area contributed by atoms with Gasteiger partial charge in [0.2, 0.25) is 5.69 Å². The van der Waals surface area contributed by atoms with Crippen LogP contribution in [-0.4, -0.2) is 15.0 Å². The largest absolute Gasteiger partial charge is 0.619 e. The van der Waals surface area contributed by atoms with Gasteiger partial charge < -0.3 is 15.6 Å². The molecule has 12 aromatic rings. The summed E-state index contributed by atoms with van der Waals surface area (Å²) in [4.78, 5) is 16.6. The van der Waals surface area contributed by atoms with E-state index in [-0.39, 0.29) is 32.5 Å². The number of thiophene rings is 3. The molecule has 9 heterocycles. The quantitative estimate of drug-likeness (QED) is 0.0888. The van der Waals surface area contributed by atoms with E-state index in [0.29, 0.717) is 5.69 Å². The molecule has 12 heteroatoms. The molecule has 3 aromatic carbocycles. The Morgan fingerprint density at radius 3 is 1.06 bits per heavy atom. The second kappa shape index (κ2) is 39.9. The Balaban J connectivity index is 0.000000181. The van der Waals surface area contributed by atoms with Gasteiger partial charge in [0.05, 0.1) is 5.69 Å². The lowest BCUT2D eigenvalue weighted by atomic mass is 9.87. The number of rotatable bonds is 12. The molecule has 12 rings (SSSR count). The van der Waals surface area contributed by atoms with E-state index in [1.54, 1.807) is 42.7 Å². The number of aromatic nitrogens is 6. The third-order valence-corrected chi connectivity index (χ3v) is 20.9. The zero-order valence-electron chi connectivity index (χ0n) is 66.3. The molecule has 0 bridgehead atoms. The molecule has 0 fully saturated rings. The molecule has 0 amide bonds. The Bertz CT molecular complexity index is 4600. The first-order chi connectivity index (χ1) is 51.0. The van der Waals surface area contributed by atoms with Gasteiger partial charge in [-0.05, 0) is 194 Å². The number of hydrogen-bond acceptors (Lipinski definition) is 9. The van der Waals surface area contributed by atoms with E-state index in [1.807, 2.05) is 138 Å². The Morgan fingerprint density at radius 1 is 0.287 bits per heavy atom. The van der Waals surface area contributed by atoms with Crippen LogP contribution in [0.5, 0.6) is 0 Å². The average Bonchev–Trinajstić information content (AvgIpc) is 1.77. The van der Waals surface area contributed by atoms with Crippen LogP contribution in [-0.2, 0) is 32.5 Å². The molecule has 0 saturated carbocycles. The maximum atomic E-state index is 11.5. The van der Waals surface area contributed by atoms with Crippen molar-refractivity contribution in [2.75, 3.05) is 0 Å². The maximum Gasteiger partial charge on any atom is 0.216 e. The zero-order valence-corrected chi connectivity index (χ0v) is 68.8. The number of nitrogens with zero attached hydrogens (tertiary/aromatic N) is 6. The minimum Gasteiger partial charge on any atom is -0.619 e. The summed E-state index contributed by atoms with van der Waals surface area (Å²) < 4.78 is 2.46. The summed E-state index contributed by atoms with van der Waals surface area (Å²) in [6.45, 7) is 40.0. The first-order valence-corrected chi connectivity index (χ1v) is 39.1. The van der Waals surface area contributed by atoms with E-state index in [1.165, 1.54) is 78.4 Å². The molecule has 0 aliphatic carbocycles. The number of hydrogen-bond donors (Lipinski definition) is 0. The van der Waals surface area contributed by atoms with Crippen molar-refractivity contribution >= 4 is 107 Å². The third kappa shape index (κ3) is 30.4. The zero-order chi connectivity index (χ0) is 78.6. The molecular weight excluding hydrogens is 1380 g/mol. The van der Waals surface area contributed by atoms with Crippen LogP contribution in [0.2, 0.25) is 0 Å². The fourth-order valence-corrected chi connectivity index (χ4v) is 12.9. The molecule has 0 N–H and O–H groups in total. The first kappa shape index (κ1) is 84.8. The molecule has 0 saturated heterocycles. The van der Waals surface area contributed by atoms with Crippen LogP contribution in [0, 0.1) is 15.6 Å². The van der Waals surface area contributed by atoms with Crippen molar-refractivity contribution in [2.24, 2.45) is 0 Å². The van der Waals surface area contributed by atoms with Crippen LogP contribution in [0.3, 0.4) is 0 Å². The monoisotopic (exact) mass is 1490 g/mol. The van der Waals surface area contributed by atoms with Crippen LogP contribution in [0.25, 0.3) is 72.9 Å². The summed E-state index contributed by atoms with van der Waals surface area (Å²) in [6.07, 6.45) is 41.1. The highest BCUT2D eigenvalue weighted by Gasteiger charge is 2.19. The van der Waals surface area contributed by atoms with Crippen LogP contribution >= 0.6 is 34.0 Å². The summed E-state index contributed by atoms with van der Waals surface area (Å²) in [5.74, 6) is 0. The number of pyridine rings is 6. The SMILES string of the molecule is CC(C)(C)c1cc(/C=C/c2ccccn2)cs1.CC(C)(C)c1cc(/C=C/c2cccnc2)cs1.CC(C)(C)c1cc(/C=C/c2ccncc2)cs1.CC(C)(C)c1ccc(/C=C/c2cc[n+]([O-])cc2)cc1.CC(C)(C)c1ccc(/C=C/c2ccc[n+]([O-])c2)cc1.CC(C)(C)c1ccc(/C=C/c2cccc[n+]2[O-])cc1. The molecule has 0 unspecified atom stereocenters. The molecule has 558 valence electrons. The smallest absolute Gasteiger partial charge is 0.216 e. The standard InChI is InChI=1S/3C17H19NO.3C15H17NS/c1-17(2,3)16-8-6-14(7-9-16)4-5-15-10-12-18(19)13-11-15;1-17(2,3)16-10-8-14(9-11-16)6-7-15-5-4-12-18(19)13-15;1-17(2,3)15-10-7-14(8-11-15)9-12-16-6-4-5-13-18(16)19;1-15(2,3)14-10-13(11-17-14)5-4-12-6-8-16-9-7-12;1-15(2,3)14-9-13(11-17-14)7-6-12-5-4-8-16-10-12;1-15(2,3)14-10-12(11-17-14)7-8-13-6-4-5-9-16-13/h3*4-13H,1-3H3;3*4-11H,1-3H3/b5-4+;7-6+;12-9+;5-4+;7-6+;8-7+. The second-order valence-electron chi connectivity index (χ2n) is 32.4. The highest BCUT2D eigenvalue weighted by molar-refractivity contribution is 7.11. The Hall–Kier alpha value is -10.5. The average molecular weight is 1490 g/mol. The van der Waals surface area contributed by atoms with E-state index in [4.69, 9.17) is 0 Å². The summed E-state index contributed by atoms with van der Waals surface area (Å²) in [5.41, 5.74) is 18.3. The maximum absolute atomic E-state index is 11.5. The van der Waals surface area contributed by atoms with Crippen molar-refractivity contribution in [3.63, 3.8) is 0 Å². The van der Waals surface area contributed by atoms with Crippen molar-refractivity contribution in [1.29, 1.82) is 0 Å². The third-order valence-electron chi connectivity index (χ3n) is 16.7. The van der Waals surface area contributed by atoms with Crippen LogP contribution in [0.4, 0.5) is 0 Å². The van der Waals surface area contributed by atoms with E-state index < -0.39 is 0 Å². The molecule has 9 nitrogen and oxygen atoms in total. The van der Waals surface area contributed by atoms with Gasteiger partial charge in [-0.25, -0.2) is 0 Å². The van der Waals surface area contributed by atoms with Gasteiger partial charge in [0.15, 0.2) is 31.0 Å². The lowest BCUT2D eigenvalue weighted by Gasteiger charge is -2.18. The lowest BCUT2D eigenvalue weighted by Crippen LogP contribution is -2.28. The number of benzene rings is 3. The minimum absolute atomic E-state index is 0.166. The van der Waals surface area contributed by atoms with Gasteiger partial charge in [0.1, 0.15) is 0 Å². The van der Waals surface area contributed by atoms with Gasteiger partial charge in [-0.15, -0.1) is 34.0 Å². The highest BCUT2D eigenvalue weighted by atomic mass is 32.1. The summed E-state index contributed by atoms with van der Waals surface area (Å²) in [5, 5.41) is 40.2. The van der Waals surface area contributed by atoms with E-state index >= 15 is 0 Å². The van der Waals surface area contributed by atoms with Gasteiger partial charge >= 0.3 is 0 Å². The van der Waals surface area contributed by atoms with Crippen molar-refractivity contribution in [3.05, 3.63) is 368 Å². The van der Waals surface area contributed by atoms with Crippen LogP contribution < -0.4 is 14.2 Å². The molecule has 0 radical (unpaired) electrons. The van der Waals surface area contributed by atoms with Gasteiger partial charge in [-0.2, -0.15) is 14.2 Å². The summed E-state index contributed by atoms with van der Waals surface area (Å²) in [6, 6.07) is 58.9. The fraction of sp³-hybridized carbons (Fsp3) is 0.250. The molecule has 0 aliphatic heterocycles. The Kier molecular flexibility index (Phi) is 31.3. The highest BCUT2D eigenvalue weighted by Crippen LogP contribution is 2.33. The molecule has 0 aliphatic rings. The predicted octanol–water partition coefficient (Wildman–Crippen LogP) is 25.2. The van der Waals surface area contributed by atoms with Gasteiger partial charge in [-0.1, -0.05) is 258 Å². The van der Waals surface area contributed by atoms with Gasteiger partial charge in [0, 0.05) is 87.6 Å². The molecule has 0 atom stereocenters. The molecule has 9 aromatic heterocycles. The Morgan fingerprint density at radius 2 is 0.676 bits per heavy atom. The van der Waals surface area contributed by atoms with E-state index in [0.717, 1.165) is 53.3 Å². The van der Waals surface area contributed by atoms with E-state index in [2.05, 4.69) is 295 Å². The summed E-state index contributed by atoms with van der Waals surface area (Å²) in [7, 11) is 0. The normalized spacial score (nSPS) is 12.1.